The summed E-state index contributed by atoms with van der Waals surface area (Å²) in [6.07, 6.45) is 3.51. The summed E-state index contributed by atoms with van der Waals surface area (Å²) in [4.78, 5) is 18.1. The maximum absolute atomic E-state index is 14.9. The van der Waals surface area contributed by atoms with Crippen molar-refractivity contribution in [1.29, 1.82) is 0 Å². The number of amides is 1. The highest BCUT2D eigenvalue weighted by Crippen LogP contribution is 2.33. The molecule has 4 rings (SSSR count). The summed E-state index contributed by atoms with van der Waals surface area (Å²) in [6.45, 7) is 7.09. The number of nitrogens with zero attached hydrogens (tertiary/aromatic N) is 4. The van der Waals surface area contributed by atoms with Gasteiger partial charge >= 0.3 is 0 Å². The molecule has 0 bridgehead atoms. The van der Waals surface area contributed by atoms with E-state index in [0.29, 0.717) is 37.0 Å². The highest BCUT2D eigenvalue weighted by atomic mass is 19.1. The molecule has 0 unspecified atom stereocenters. The van der Waals surface area contributed by atoms with Crippen LogP contribution in [0.15, 0.2) is 24.9 Å². The van der Waals surface area contributed by atoms with Gasteiger partial charge in [-0.3, -0.25) is 9.48 Å². The fraction of sp³-hybridized carbons (Fsp3) is 0.346. The van der Waals surface area contributed by atoms with Crippen LogP contribution in [0, 0.1) is 23.5 Å². The fourth-order valence-electron chi connectivity index (χ4n) is 4.32. The quantitative estimate of drug-likeness (QED) is 0.384. The van der Waals surface area contributed by atoms with Crippen molar-refractivity contribution >= 4 is 22.6 Å². The number of nitrogens with two attached hydrogens (primary N) is 1. The number of halogens is 2. The average Bonchev–Trinajstić information content (AvgIpc) is 3.54. The number of fused-ring (bicyclic) bond motifs is 1. The summed E-state index contributed by atoms with van der Waals surface area (Å²) in [5, 5.41) is 5.12. The third-order valence-electron chi connectivity index (χ3n) is 6.17. The van der Waals surface area contributed by atoms with Gasteiger partial charge in [-0.1, -0.05) is 12.5 Å². The Morgan fingerprint density at radius 1 is 1.27 bits per heavy atom. The zero-order valence-electron chi connectivity index (χ0n) is 20.8. The highest BCUT2D eigenvalue weighted by Gasteiger charge is 2.30. The lowest BCUT2D eigenvalue weighted by Gasteiger charge is -2.16. The molecule has 1 aromatic carbocycles. The van der Waals surface area contributed by atoms with E-state index in [-0.39, 0.29) is 41.6 Å². The van der Waals surface area contributed by atoms with Crippen LogP contribution in [-0.4, -0.2) is 59.5 Å². The van der Waals surface area contributed by atoms with E-state index in [9.17, 15) is 13.6 Å². The Labute approximate surface area is 212 Å². The second kappa shape index (κ2) is 10.8. The maximum Gasteiger partial charge on any atom is 0.246 e. The molecular formula is C26H27F2N5O4. The summed E-state index contributed by atoms with van der Waals surface area (Å²) >= 11 is 0. The molecule has 0 saturated carbocycles. The molecule has 3 heterocycles. The van der Waals surface area contributed by atoms with E-state index in [4.69, 9.17) is 19.9 Å². The molecule has 1 fully saturated rings. The van der Waals surface area contributed by atoms with Gasteiger partial charge in [0, 0.05) is 37.5 Å². The third-order valence-corrected chi connectivity index (χ3v) is 6.17. The number of rotatable bonds is 7. The third kappa shape index (κ3) is 4.80. The Hall–Kier alpha value is -4.17. The first kappa shape index (κ1) is 25.9. The standard InChI is InChI=1S/C26H27F2N5O4/c1-5-21(34)32-10-9-16(13-32)33-25-15(14-37-6-2)12-30-26(29)22(25)18(31-33)8-7-17-23(27)19(35-3)11-20(36-4)24(17)28/h5,11-12,16H,1,6,9-10,13-14H2,2-4H3,(H2,29,30)/t16-/m0/s1. The number of methoxy groups -OCH3 is 2. The van der Waals surface area contributed by atoms with Crippen molar-refractivity contribution in [3.8, 4) is 23.3 Å². The number of benzene rings is 1. The minimum absolute atomic E-state index is 0.159. The van der Waals surface area contributed by atoms with E-state index in [1.165, 1.54) is 20.3 Å². The number of carbonyl (C=O) groups is 1. The van der Waals surface area contributed by atoms with Gasteiger partial charge in [-0.25, -0.2) is 13.8 Å². The molecule has 0 radical (unpaired) electrons. The molecule has 3 aromatic rings. The molecule has 1 aliphatic heterocycles. The highest BCUT2D eigenvalue weighted by molar-refractivity contribution is 5.95. The fourth-order valence-corrected chi connectivity index (χ4v) is 4.32. The minimum atomic E-state index is -0.963. The Balaban J connectivity index is 1.89. The number of hydrogen-bond donors (Lipinski definition) is 1. The molecule has 37 heavy (non-hydrogen) atoms. The lowest BCUT2D eigenvalue weighted by molar-refractivity contribution is -0.125. The molecular weight excluding hydrogens is 484 g/mol. The SMILES string of the molecule is C=CC(=O)N1CC[C@H](n2nc(C#Cc3c(F)c(OC)cc(OC)c3F)c3c(N)ncc(COCC)c32)C1. The summed E-state index contributed by atoms with van der Waals surface area (Å²) in [5.74, 6) is 2.95. The van der Waals surface area contributed by atoms with E-state index in [0.717, 1.165) is 11.6 Å². The summed E-state index contributed by atoms with van der Waals surface area (Å²) in [6, 6.07) is 0.924. The van der Waals surface area contributed by atoms with Gasteiger partial charge in [-0.05, 0) is 25.3 Å². The predicted molar refractivity (Wildman–Crippen MR) is 133 cm³/mol. The molecule has 1 saturated heterocycles. The summed E-state index contributed by atoms with van der Waals surface area (Å²) in [5.41, 5.74) is 7.27. The lowest BCUT2D eigenvalue weighted by Crippen LogP contribution is -2.27. The molecule has 2 N–H and O–H groups in total. The molecule has 1 amide bonds. The zero-order chi connectivity index (χ0) is 26.7. The number of aromatic nitrogens is 3. The Morgan fingerprint density at radius 2 is 1.97 bits per heavy atom. The topological polar surface area (TPSA) is 105 Å². The number of anilines is 1. The van der Waals surface area contributed by atoms with E-state index in [1.807, 2.05) is 6.92 Å². The van der Waals surface area contributed by atoms with Crippen molar-refractivity contribution in [2.75, 3.05) is 39.6 Å². The molecule has 11 heteroatoms. The first-order valence-electron chi connectivity index (χ1n) is 11.6. The van der Waals surface area contributed by atoms with E-state index in [2.05, 4.69) is 28.5 Å². The number of ether oxygens (including phenoxy) is 3. The maximum atomic E-state index is 14.9. The van der Waals surface area contributed by atoms with Crippen molar-refractivity contribution < 1.29 is 27.8 Å². The number of likely N-dealkylation sites (tertiary alicyclic amines) is 1. The van der Waals surface area contributed by atoms with Gasteiger partial charge in [0.1, 0.15) is 17.1 Å². The normalized spacial score (nSPS) is 14.9. The molecule has 0 spiro atoms. The van der Waals surface area contributed by atoms with Crippen molar-refractivity contribution in [3.05, 3.63) is 53.4 Å². The molecule has 9 nitrogen and oxygen atoms in total. The smallest absolute Gasteiger partial charge is 0.246 e. The minimum Gasteiger partial charge on any atom is -0.493 e. The van der Waals surface area contributed by atoms with Crippen LogP contribution in [0.25, 0.3) is 10.9 Å². The van der Waals surface area contributed by atoms with Crippen molar-refractivity contribution in [3.63, 3.8) is 0 Å². The van der Waals surface area contributed by atoms with E-state index in [1.54, 1.807) is 15.8 Å². The monoisotopic (exact) mass is 511 g/mol. The van der Waals surface area contributed by atoms with E-state index >= 15 is 0 Å². The first-order chi connectivity index (χ1) is 17.8. The lowest BCUT2D eigenvalue weighted by atomic mass is 10.1. The second-order valence-corrected chi connectivity index (χ2v) is 8.29. The van der Waals surface area contributed by atoms with Gasteiger partial charge in [0.15, 0.2) is 23.1 Å². The summed E-state index contributed by atoms with van der Waals surface area (Å²) in [7, 11) is 2.52. The zero-order valence-corrected chi connectivity index (χ0v) is 20.8. The van der Waals surface area contributed by atoms with Crippen LogP contribution in [-0.2, 0) is 16.1 Å². The largest absolute Gasteiger partial charge is 0.493 e. The second-order valence-electron chi connectivity index (χ2n) is 8.29. The van der Waals surface area contributed by atoms with Crippen LogP contribution < -0.4 is 15.2 Å². The number of carbonyl (C=O) groups excluding carboxylic acids is 1. The first-order valence-corrected chi connectivity index (χ1v) is 11.6. The van der Waals surface area contributed by atoms with Crippen LogP contribution in [0.5, 0.6) is 11.5 Å². The van der Waals surface area contributed by atoms with Gasteiger partial charge in [0.2, 0.25) is 5.91 Å². The summed E-state index contributed by atoms with van der Waals surface area (Å²) < 4.78 is 47.2. The Bertz CT molecular complexity index is 1400. The van der Waals surface area contributed by atoms with Gasteiger partial charge in [-0.15, -0.1) is 0 Å². The van der Waals surface area contributed by atoms with Crippen LogP contribution >= 0.6 is 0 Å². The van der Waals surface area contributed by atoms with Crippen LogP contribution in [0.4, 0.5) is 14.6 Å². The van der Waals surface area contributed by atoms with Crippen molar-refractivity contribution in [2.24, 2.45) is 0 Å². The van der Waals surface area contributed by atoms with Gasteiger partial charge in [-0.2, -0.15) is 5.10 Å². The Kier molecular flexibility index (Phi) is 7.59. The Morgan fingerprint density at radius 3 is 2.59 bits per heavy atom. The number of nitrogen functional groups attached to an aromatic ring is 1. The molecule has 1 atom stereocenters. The molecule has 1 aliphatic rings. The van der Waals surface area contributed by atoms with Crippen molar-refractivity contribution in [2.45, 2.75) is 26.0 Å². The van der Waals surface area contributed by atoms with Crippen LogP contribution in [0.1, 0.15) is 36.2 Å². The van der Waals surface area contributed by atoms with Gasteiger partial charge in [0.05, 0.1) is 37.8 Å². The van der Waals surface area contributed by atoms with Gasteiger partial charge in [0.25, 0.3) is 0 Å². The van der Waals surface area contributed by atoms with Crippen LogP contribution in [0.2, 0.25) is 0 Å². The van der Waals surface area contributed by atoms with Crippen LogP contribution in [0.3, 0.4) is 0 Å². The van der Waals surface area contributed by atoms with Gasteiger partial charge < -0.3 is 24.8 Å². The number of hydrogen-bond acceptors (Lipinski definition) is 7. The van der Waals surface area contributed by atoms with E-state index < -0.39 is 17.2 Å². The van der Waals surface area contributed by atoms with Crippen molar-refractivity contribution in [1.82, 2.24) is 19.7 Å². The number of pyridine rings is 1. The average molecular weight is 512 g/mol. The molecule has 0 aliphatic carbocycles. The predicted octanol–water partition coefficient (Wildman–Crippen LogP) is 3.20. The molecule has 2 aromatic heterocycles. The molecule has 194 valence electrons.